The van der Waals surface area contributed by atoms with Gasteiger partial charge < -0.3 is 25.2 Å². The number of aliphatic hydroxyl groups is 1. The third kappa shape index (κ3) is 5.44. The van der Waals surface area contributed by atoms with Crippen molar-refractivity contribution in [2.75, 3.05) is 26.8 Å². The van der Waals surface area contributed by atoms with Crippen LogP contribution < -0.4 is 5.32 Å². The topological polar surface area (TPSA) is 99.1 Å². The van der Waals surface area contributed by atoms with Crippen molar-refractivity contribution in [3.05, 3.63) is 0 Å². The second kappa shape index (κ2) is 6.72. The van der Waals surface area contributed by atoms with Gasteiger partial charge in [-0.05, 0) is 19.8 Å². The Kier molecular flexibility index (Phi) is 5.56. The SMILES string of the molecule is CN(C(=O)NCC(C)(O)CC(=O)O)C1CCOCC1. The molecular weight excluding hydrogens is 252 g/mol. The monoisotopic (exact) mass is 274 g/mol. The third-order valence-corrected chi connectivity index (χ3v) is 3.21. The molecule has 3 N–H and O–H groups in total. The van der Waals surface area contributed by atoms with Crippen molar-refractivity contribution in [1.82, 2.24) is 10.2 Å². The number of carboxylic acid groups (broad SMARTS) is 1. The fourth-order valence-corrected chi connectivity index (χ4v) is 2.02. The lowest BCUT2D eigenvalue weighted by Gasteiger charge is -2.32. The number of carbonyl (C=O) groups is 2. The molecule has 2 amide bonds. The average Bonchev–Trinajstić information content (AvgIpc) is 2.34. The Morgan fingerprint density at radius 2 is 2.00 bits per heavy atom. The lowest BCUT2D eigenvalue weighted by molar-refractivity contribution is -0.141. The van der Waals surface area contributed by atoms with Gasteiger partial charge in [0.25, 0.3) is 0 Å². The minimum atomic E-state index is -1.45. The lowest BCUT2D eigenvalue weighted by Crippen LogP contribution is -2.50. The molecule has 1 fully saturated rings. The first kappa shape index (κ1) is 15.7. The van der Waals surface area contributed by atoms with Crippen LogP contribution in [-0.4, -0.2) is 65.6 Å². The number of aliphatic carboxylic acids is 1. The molecular formula is C12H22N2O5. The largest absolute Gasteiger partial charge is 0.481 e. The van der Waals surface area contributed by atoms with Gasteiger partial charge in [0.15, 0.2) is 0 Å². The van der Waals surface area contributed by atoms with Gasteiger partial charge in [-0.25, -0.2) is 4.79 Å². The standard InChI is InChI=1S/C12H22N2O5/c1-12(18,7-10(15)16)8-13-11(17)14(2)9-3-5-19-6-4-9/h9,18H,3-8H2,1-2H3,(H,13,17)(H,15,16). The molecule has 1 heterocycles. The second-order valence-electron chi connectivity index (χ2n) is 5.18. The summed E-state index contributed by atoms with van der Waals surface area (Å²) in [5.74, 6) is -1.10. The van der Waals surface area contributed by atoms with Gasteiger partial charge in [0, 0.05) is 32.8 Å². The van der Waals surface area contributed by atoms with Gasteiger partial charge in [-0.2, -0.15) is 0 Å². The van der Waals surface area contributed by atoms with Crippen molar-refractivity contribution in [2.45, 2.75) is 37.8 Å². The van der Waals surface area contributed by atoms with Gasteiger partial charge in [-0.15, -0.1) is 0 Å². The quantitative estimate of drug-likeness (QED) is 0.657. The van der Waals surface area contributed by atoms with Crippen LogP contribution in [0.3, 0.4) is 0 Å². The highest BCUT2D eigenvalue weighted by Crippen LogP contribution is 2.13. The van der Waals surface area contributed by atoms with Gasteiger partial charge in [-0.1, -0.05) is 0 Å². The van der Waals surface area contributed by atoms with E-state index in [2.05, 4.69) is 5.32 Å². The Morgan fingerprint density at radius 1 is 1.42 bits per heavy atom. The molecule has 7 heteroatoms. The summed E-state index contributed by atoms with van der Waals surface area (Å²) in [6.45, 7) is 2.57. The van der Waals surface area contributed by atoms with E-state index in [0.29, 0.717) is 13.2 Å². The molecule has 0 aliphatic carbocycles. The van der Waals surface area contributed by atoms with E-state index in [0.717, 1.165) is 12.8 Å². The first-order valence-corrected chi connectivity index (χ1v) is 6.34. The minimum Gasteiger partial charge on any atom is -0.481 e. The first-order valence-electron chi connectivity index (χ1n) is 6.34. The summed E-state index contributed by atoms with van der Waals surface area (Å²) in [6, 6.07) is -0.185. The van der Waals surface area contributed by atoms with Crippen LogP contribution in [0.2, 0.25) is 0 Å². The lowest BCUT2D eigenvalue weighted by atomic mass is 10.0. The Labute approximate surface area is 112 Å². The number of nitrogens with one attached hydrogen (secondary N) is 1. The molecule has 0 radical (unpaired) electrons. The highest BCUT2D eigenvalue weighted by Gasteiger charge is 2.27. The molecule has 0 bridgehead atoms. The minimum absolute atomic E-state index is 0.0916. The molecule has 0 aromatic carbocycles. The Hall–Kier alpha value is -1.34. The van der Waals surface area contributed by atoms with Crippen LogP contribution in [0.4, 0.5) is 4.79 Å². The smallest absolute Gasteiger partial charge is 0.317 e. The van der Waals surface area contributed by atoms with Crippen LogP contribution in [0.25, 0.3) is 0 Å². The molecule has 110 valence electrons. The van der Waals surface area contributed by atoms with Crippen LogP contribution in [0, 0.1) is 0 Å². The van der Waals surface area contributed by atoms with E-state index in [1.807, 2.05) is 0 Å². The molecule has 1 rings (SSSR count). The van der Waals surface area contributed by atoms with Gasteiger partial charge in [0.05, 0.1) is 12.0 Å². The average molecular weight is 274 g/mol. The molecule has 0 spiro atoms. The molecule has 0 aromatic heterocycles. The van der Waals surface area contributed by atoms with E-state index in [1.54, 1.807) is 11.9 Å². The zero-order valence-electron chi connectivity index (χ0n) is 11.4. The highest BCUT2D eigenvalue weighted by atomic mass is 16.5. The molecule has 0 aromatic rings. The molecule has 1 aliphatic rings. The molecule has 7 nitrogen and oxygen atoms in total. The molecule has 0 saturated carbocycles. The fourth-order valence-electron chi connectivity index (χ4n) is 2.02. The molecule has 1 atom stereocenters. The van der Waals surface area contributed by atoms with E-state index >= 15 is 0 Å². The van der Waals surface area contributed by atoms with E-state index in [4.69, 9.17) is 9.84 Å². The Morgan fingerprint density at radius 3 is 2.53 bits per heavy atom. The van der Waals surface area contributed by atoms with Crippen molar-refractivity contribution in [3.8, 4) is 0 Å². The Bertz CT molecular complexity index is 326. The Balaban J connectivity index is 2.39. The van der Waals surface area contributed by atoms with Crippen molar-refractivity contribution in [2.24, 2.45) is 0 Å². The first-order chi connectivity index (χ1) is 8.82. The van der Waals surface area contributed by atoms with Crippen LogP contribution in [-0.2, 0) is 9.53 Å². The summed E-state index contributed by atoms with van der Waals surface area (Å²) < 4.78 is 5.22. The number of hydrogen-bond acceptors (Lipinski definition) is 4. The summed E-state index contributed by atoms with van der Waals surface area (Å²) >= 11 is 0. The van der Waals surface area contributed by atoms with Crippen molar-refractivity contribution in [3.63, 3.8) is 0 Å². The van der Waals surface area contributed by atoms with E-state index < -0.39 is 18.0 Å². The van der Waals surface area contributed by atoms with Gasteiger partial charge in [-0.3, -0.25) is 4.79 Å². The summed E-state index contributed by atoms with van der Waals surface area (Å²) in [4.78, 5) is 24.0. The maximum Gasteiger partial charge on any atom is 0.317 e. The summed E-state index contributed by atoms with van der Waals surface area (Å²) in [7, 11) is 1.69. The number of nitrogens with zero attached hydrogens (tertiary/aromatic N) is 1. The number of rotatable bonds is 5. The zero-order chi connectivity index (χ0) is 14.5. The summed E-state index contributed by atoms with van der Waals surface area (Å²) in [5.41, 5.74) is -1.45. The number of amides is 2. The van der Waals surface area contributed by atoms with E-state index in [1.165, 1.54) is 6.92 Å². The number of urea groups is 1. The predicted octanol–water partition coefficient (Wildman–Crippen LogP) is 0.0325. The van der Waals surface area contributed by atoms with Crippen LogP contribution in [0.1, 0.15) is 26.2 Å². The normalized spacial score (nSPS) is 19.5. The van der Waals surface area contributed by atoms with Crippen LogP contribution >= 0.6 is 0 Å². The number of ether oxygens (including phenoxy) is 1. The van der Waals surface area contributed by atoms with Crippen LogP contribution in [0.15, 0.2) is 0 Å². The molecule has 1 aliphatic heterocycles. The fraction of sp³-hybridized carbons (Fsp3) is 0.833. The summed E-state index contributed by atoms with van der Waals surface area (Å²) in [5, 5.41) is 21.0. The van der Waals surface area contributed by atoms with Crippen molar-refractivity contribution in [1.29, 1.82) is 0 Å². The van der Waals surface area contributed by atoms with Crippen LogP contribution in [0.5, 0.6) is 0 Å². The predicted molar refractivity (Wildman–Crippen MR) is 67.9 cm³/mol. The zero-order valence-corrected chi connectivity index (χ0v) is 11.4. The second-order valence-corrected chi connectivity index (χ2v) is 5.18. The van der Waals surface area contributed by atoms with Gasteiger partial charge in [0.2, 0.25) is 0 Å². The third-order valence-electron chi connectivity index (χ3n) is 3.21. The van der Waals surface area contributed by atoms with E-state index in [9.17, 15) is 14.7 Å². The summed E-state index contributed by atoms with van der Waals surface area (Å²) in [6.07, 6.45) is 1.17. The van der Waals surface area contributed by atoms with Gasteiger partial charge >= 0.3 is 12.0 Å². The molecule has 19 heavy (non-hydrogen) atoms. The molecule has 1 saturated heterocycles. The maximum atomic E-state index is 11.9. The molecule has 1 unspecified atom stereocenters. The number of carboxylic acids is 1. The van der Waals surface area contributed by atoms with Crippen molar-refractivity contribution < 1.29 is 24.5 Å². The number of hydrogen-bond donors (Lipinski definition) is 3. The van der Waals surface area contributed by atoms with Crippen molar-refractivity contribution >= 4 is 12.0 Å². The number of carbonyl (C=O) groups excluding carboxylic acids is 1. The van der Waals surface area contributed by atoms with E-state index in [-0.39, 0.29) is 18.6 Å². The highest BCUT2D eigenvalue weighted by molar-refractivity contribution is 5.74. The maximum absolute atomic E-state index is 11.9. The van der Waals surface area contributed by atoms with Gasteiger partial charge in [0.1, 0.15) is 0 Å².